The number of carbonyl (C=O) groups excluding carboxylic acids is 1. The van der Waals surface area contributed by atoms with Gasteiger partial charge >= 0.3 is 5.97 Å². The lowest BCUT2D eigenvalue weighted by Crippen LogP contribution is -2.26. The summed E-state index contributed by atoms with van der Waals surface area (Å²) in [4.78, 5) is 23.9. The molecule has 122 valence electrons. The van der Waals surface area contributed by atoms with Crippen molar-refractivity contribution in [1.29, 1.82) is 0 Å². The second kappa shape index (κ2) is 5.30. The van der Waals surface area contributed by atoms with Gasteiger partial charge in [-0.15, -0.1) is 0 Å². The monoisotopic (exact) mass is 321 g/mol. The van der Waals surface area contributed by atoms with E-state index in [1.165, 1.54) is 11.3 Å². The van der Waals surface area contributed by atoms with Gasteiger partial charge in [-0.3, -0.25) is 4.79 Å². The topological polar surface area (TPSA) is 55.3 Å². The Hall–Kier alpha value is -2.43. The summed E-state index contributed by atoms with van der Waals surface area (Å²) in [7, 11) is 0. The molecule has 3 aliphatic rings. The Balaban J connectivity index is 1.56. The molecule has 1 aromatic carbocycles. The van der Waals surface area contributed by atoms with Crippen molar-refractivity contribution in [2.24, 2.45) is 11.8 Å². The summed E-state index contributed by atoms with van der Waals surface area (Å²) in [5.74, 6) is 2.11. The lowest BCUT2D eigenvalue weighted by atomic mass is 10.0. The summed E-state index contributed by atoms with van der Waals surface area (Å²) in [6.45, 7) is 2.13. The molecule has 24 heavy (non-hydrogen) atoms. The van der Waals surface area contributed by atoms with Gasteiger partial charge in [-0.05, 0) is 19.3 Å². The van der Waals surface area contributed by atoms with Crippen molar-refractivity contribution in [3.8, 4) is 11.4 Å². The molecule has 0 saturated carbocycles. The van der Waals surface area contributed by atoms with Crippen molar-refractivity contribution in [3.05, 3.63) is 41.6 Å². The smallest absolute Gasteiger partial charge is 0.311 e. The van der Waals surface area contributed by atoms with Crippen molar-refractivity contribution in [3.63, 3.8) is 0 Å². The molecule has 0 radical (unpaired) electrons. The fourth-order valence-corrected chi connectivity index (χ4v) is 4.17. The van der Waals surface area contributed by atoms with E-state index in [4.69, 9.17) is 14.7 Å². The van der Waals surface area contributed by atoms with Crippen LogP contribution in [0, 0.1) is 11.8 Å². The highest BCUT2D eigenvalue weighted by molar-refractivity contribution is 5.77. The normalized spacial score (nSPS) is 24.8. The highest BCUT2D eigenvalue weighted by Crippen LogP contribution is 2.37. The first kappa shape index (κ1) is 14.0. The number of hydrogen-bond acceptors (Lipinski definition) is 5. The highest BCUT2D eigenvalue weighted by Gasteiger charge is 2.45. The number of carbonyl (C=O) groups is 1. The number of cyclic esters (lactones) is 1. The van der Waals surface area contributed by atoms with E-state index >= 15 is 0 Å². The molecule has 0 N–H and O–H groups in total. The largest absolute Gasteiger partial charge is 0.465 e. The number of fused-ring (bicyclic) bond motifs is 2. The van der Waals surface area contributed by atoms with Gasteiger partial charge in [0.05, 0.1) is 12.5 Å². The molecule has 0 bridgehead atoms. The maximum atomic E-state index is 11.9. The molecule has 2 aromatic rings. The zero-order chi connectivity index (χ0) is 16.1. The summed E-state index contributed by atoms with van der Waals surface area (Å²) in [5.41, 5.74) is 3.51. The molecular weight excluding hydrogens is 302 g/mol. The Morgan fingerprint density at radius 3 is 2.79 bits per heavy atom. The average molecular weight is 321 g/mol. The fourth-order valence-electron chi connectivity index (χ4n) is 4.17. The van der Waals surface area contributed by atoms with Crippen molar-refractivity contribution in [1.82, 2.24) is 9.97 Å². The first-order chi connectivity index (χ1) is 11.8. The van der Waals surface area contributed by atoms with Gasteiger partial charge in [0.2, 0.25) is 0 Å². The number of esters is 1. The molecule has 3 heterocycles. The third kappa shape index (κ3) is 2.11. The molecular formula is C19H19N3O2. The first-order valence-corrected chi connectivity index (χ1v) is 8.66. The van der Waals surface area contributed by atoms with Gasteiger partial charge in [-0.1, -0.05) is 30.3 Å². The molecule has 2 aliphatic heterocycles. The van der Waals surface area contributed by atoms with Crippen LogP contribution in [0.3, 0.4) is 0 Å². The van der Waals surface area contributed by atoms with Crippen LogP contribution < -0.4 is 4.90 Å². The Morgan fingerprint density at radius 1 is 1.08 bits per heavy atom. The van der Waals surface area contributed by atoms with E-state index in [-0.39, 0.29) is 11.9 Å². The van der Waals surface area contributed by atoms with E-state index in [0.717, 1.165) is 49.6 Å². The van der Waals surface area contributed by atoms with Gasteiger partial charge < -0.3 is 9.64 Å². The Kier molecular flexibility index (Phi) is 3.08. The summed E-state index contributed by atoms with van der Waals surface area (Å²) >= 11 is 0. The molecule has 2 atom stereocenters. The minimum absolute atomic E-state index is 0.0113. The van der Waals surface area contributed by atoms with Crippen LogP contribution in [0.25, 0.3) is 11.4 Å². The number of benzene rings is 1. The van der Waals surface area contributed by atoms with E-state index in [0.29, 0.717) is 12.5 Å². The van der Waals surface area contributed by atoms with Gasteiger partial charge in [-0.2, -0.15) is 0 Å². The zero-order valence-electron chi connectivity index (χ0n) is 13.4. The second-order valence-corrected chi connectivity index (χ2v) is 6.92. The van der Waals surface area contributed by atoms with E-state index < -0.39 is 0 Å². The van der Waals surface area contributed by atoms with Crippen molar-refractivity contribution >= 4 is 11.8 Å². The SMILES string of the molecule is O=C1OC[C@H]2CN(c3nc(-c4ccccc4)nc4c3CCC4)C[C@@H]12. The summed E-state index contributed by atoms with van der Waals surface area (Å²) in [6.07, 6.45) is 3.20. The maximum Gasteiger partial charge on any atom is 0.311 e. The van der Waals surface area contributed by atoms with Crippen LogP contribution in [0.1, 0.15) is 17.7 Å². The van der Waals surface area contributed by atoms with Crippen molar-refractivity contribution in [2.45, 2.75) is 19.3 Å². The summed E-state index contributed by atoms with van der Waals surface area (Å²) < 4.78 is 5.19. The van der Waals surface area contributed by atoms with Crippen LogP contribution >= 0.6 is 0 Å². The van der Waals surface area contributed by atoms with Crippen LogP contribution in [0.15, 0.2) is 30.3 Å². The Bertz CT molecular complexity index is 806. The number of ether oxygens (including phenoxy) is 1. The lowest BCUT2D eigenvalue weighted by Gasteiger charge is -2.22. The van der Waals surface area contributed by atoms with E-state index in [2.05, 4.69) is 17.0 Å². The van der Waals surface area contributed by atoms with E-state index in [1.54, 1.807) is 0 Å². The van der Waals surface area contributed by atoms with Crippen LogP contribution in [0.2, 0.25) is 0 Å². The average Bonchev–Trinajstić information content (AvgIpc) is 3.32. The van der Waals surface area contributed by atoms with Crippen LogP contribution in [0.5, 0.6) is 0 Å². The van der Waals surface area contributed by atoms with Crippen LogP contribution in [0.4, 0.5) is 5.82 Å². The molecule has 1 aromatic heterocycles. The number of rotatable bonds is 2. The molecule has 5 rings (SSSR count). The summed E-state index contributed by atoms with van der Waals surface area (Å²) in [5, 5.41) is 0. The second-order valence-electron chi connectivity index (χ2n) is 6.92. The third-order valence-electron chi connectivity index (χ3n) is 5.43. The van der Waals surface area contributed by atoms with Gasteiger partial charge in [0, 0.05) is 35.8 Å². The fraction of sp³-hybridized carbons (Fsp3) is 0.421. The van der Waals surface area contributed by atoms with Crippen molar-refractivity contribution in [2.75, 3.05) is 24.6 Å². The Labute approximate surface area is 140 Å². The van der Waals surface area contributed by atoms with E-state index in [1.807, 2.05) is 18.2 Å². The molecule has 2 saturated heterocycles. The number of nitrogens with zero attached hydrogens (tertiary/aromatic N) is 3. The van der Waals surface area contributed by atoms with Gasteiger partial charge in [0.1, 0.15) is 5.82 Å². The molecule has 0 unspecified atom stereocenters. The third-order valence-corrected chi connectivity index (χ3v) is 5.43. The van der Waals surface area contributed by atoms with Crippen molar-refractivity contribution < 1.29 is 9.53 Å². The standard InChI is InChI=1S/C19H19N3O2/c23-19-15-10-22(9-13(15)11-24-19)18-14-7-4-8-16(14)20-17(21-18)12-5-2-1-3-6-12/h1-3,5-6,13,15H,4,7-11H2/t13-,15-/m1/s1. The minimum atomic E-state index is -0.0449. The van der Waals surface area contributed by atoms with Gasteiger partial charge in [-0.25, -0.2) is 9.97 Å². The quantitative estimate of drug-likeness (QED) is 0.794. The van der Waals surface area contributed by atoms with Crippen LogP contribution in [-0.2, 0) is 22.4 Å². The summed E-state index contributed by atoms with van der Waals surface area (Å²) in [6, 6.07) is 10.1. The van der Waals surface area contributed by atoms with E-state index in [9.17, 15) is 4.79 Å². The number of aromatic nitrogens is 2. The van der Waals surface area contributed by atoms with Crippen LogP contribution in [-0.4, -0.2) is 35.6 Å². The lowest BCUT2D eigenvalue weighted by molar-refractivity contribution is -0.140. The predicted molar refractivity (Wildman–Crippen MR) is 89.6 cm³/mol. The maximum absolute atomic E-state index is 11.9. The predicted octanol–water partition coefficient (Wildman–Crippen LogP) is 2.24. The minimum Gasteiger partial charge on any atom is -0.465 e. The van der Waals surface area contributed by atoms with Gasteiger partial charge in [0.25, 0.3) is 0 Å². The zero-order valence-corrected chi connectivity index (χ0v) is 13.4. The van der Waals surface area contributed by atoms with Gasteiger partial charge in [0.15, 0.2) is 5.82 Å². The molecule has 0 spiro atoms. The number of aryl methyl sites for hydroxylation is 1. The molecule has 1 aliphatic carbocycles. The molecule has 0 amide bonds. The Morgan fingerprint density at radius 2 is 1.96 bits per heavy atom. The molecule has 5 heteroatoms. The molecule has 2 fully saturated rings. The number of anilines is 1. The highest BCUT2D eigenvalue weighted by atomic mass is 16.5. The first-order valence-electron chi connectivity index (χ1n) is 8.66. The molecule has 5 nitrogen and oxygen atoms in total. The number of hydrogen-bond donors (Lipinski definition) is 0.